The maximum atomic E-state index is 12.5. The summed E-state index contributed by atoms with van der Waals surface area (Å²) in [6.45, 7) is 8.57. The molecule has 1 fully saturated rings. The van der Waals surface area contributed by atoms with Crippen molar-refractivity contribution in [3.8, 4) is 0 Å². The SMILES string of the molecule is Cc1ccc(CNC(=O)C2CCN(CC(=O)Nc3ccc(C)cc3C)CC2)cc1. The Morgan fingerprint density at radius 3 is 2.28 bits per heavy atom. The predicted octanol–water partition coefficient (Wildman–Crippen LogP) is 3.58. The van der Waals surface area contributed by atoms with E-state index >= 15 is 0 Å². The number of likely N-dealkylation sites (tertiary alicyclic amines) is 1. The van der Waals surface area contributed by atoms with Crippen LogP contribution in [-0.4, -0.2) is 36.3 Å². The van der Waals surface area contributed by atoms with E-state index in [1.807, 2.05) is 38.1 Å². The van der Waals surface area contributed by atoms with E-state index in [0.29, 0.717) is 13.1 Å². The van der Waals surface area contributed by atoms with Gasteiger partial charge in [-0.15, -0.1) is 0 Å². The average molecular weight is 394 g/mol. The van der Waals surface area contributed by atoms with Crippen LogP contribution in [0, 0.1) is 26.7 Å². The van der Waals surface area contributed by atoms with Crippen LogP contribution >= 0.6 is 0 Å². The van der Waals surface area contributed by atoms with Gasteiger partial charge in [0.25, 0.3) is 0 Å². The highest BCUT2D eigenvalue weighted by Gasteiger charge is 2.25. The van der Waals surface area contributed by atoms with Crippen molar-refractivity contribution < 1.29 is 9.59 Å². The normalized spacial score (nSPS) is 15.1. The lowest BCUT2D eigenvalue weighted by Gasteiger charge is -2.30. The number of nitrogens with one attached hydrogen (secondary N) is 2. The number of aryl methyl sites for hydroxylation is 3. The lowest BCUT2D eigenvalue weighted by atomic mass is 9.95. The van der Waals surface area contributed by atoms with Gasteiger partial charge in [-0.2, -0.15) is 0 Å². The summed E-state index contributed by atoms with van der Waals surface area (Å²) in [5.74, 6) is 0.142. The van der Waals surface area contributed by atoms with E-state index in [2.05, 4.69) is 40.7 Å². The zero-order valence-corrected chi connectivity index (χ0v) is 17.6. The summed E-state index contributed by atoms with van der Waals surface area (Å²) in [5.41, 5.74) is 5.45. The van der Waals surface area contributed by atoms with E-state index in [1.165, 1.54) is 11.1 Å². The minimum atomic E-state index is -0.000717. The van der Waals surface area contributed by atoms with Gasteiger partial charge in [-0.05, 0) is 63.9 Å². The molecule has 0 aliphatic carbocycles. The van der Waals surface area contributed by atoms with Crippen LogP contribution in [0.5, 0.6) is 0 Å². The highest BCUT2D eigenvalue weighted by atomic mass is 16.2. The quantitative estimate of drug-likeness (QED) is 0.789. The molecule has 2 aromatic carbocycles. The topological polar surface area (TPSA) is 61.4 Å². The Kier molecular flexibility index (Phi) is 7.04. The van der Waals surface area contributed by atoms with Gasteiger partial charge in [-0.25, -0.2) is 0 Å². The number of nitrogens with zero attached hydrogens (tertiary/aromatic N) is 1. The van der Waals surface area contributed by atoms with Crippen LogP contribution in [0.2, 0.25) is 0 Å². The number of piperidine rings is 1. The molecule has 0 atom stereocenters. The van der Waals surface area contributed by atoms with E-state index < -0.39 is 0 Å². The molecule has 0 aromatic heterocycles. The fourth-order valence-corrected chi connectivity index (χ4v) is 3.74. The highest BCUT2D eigenvalue weighted by molar-refractivity contribution is 5.93. The first-order valence-electron chi connectivity index (χ1n) is 10.3. The van der Waals surface area contributed by atoms with Crippen LogP contribution in [-0.2, 0) is 16.1 Å². The Balaban J connectivity index is 1.40. The summed E-state index contributed by atoms with van der Waals surface area (Å²) in [6, 6.07) is 14.2. The van der Waals surface area contributed by atoms with Gasteiger partial charge < -0.3 is 10.6 Å². The molecule has 1 heterocycles. The van der Waals surface area contributed by atoms with E-state index in [4.69, 9.17) is 0 Å². The van der Waals surface area contributed by atoms with Crippen molar-refractivity contribution in [1.82, 2.24) is 10.2 Å². The minimum Gasteiger partial charge on any atom is -0.352 e. The zero-order chi connectivity index (χ0) is 20.8. The number of carbonyl (C=O) groups is 2. The van der Waals surface area contributed by atoms with Crippen LogP contribution in [0.15, 0.2) is 42.5 Å². The molecule has 0 saturated carbocycles. The van der Waals surface area contributed by atoms with E-state index in [9.17, 15) is 9.59 Å². The van der Waals surface area contributed by atoms with Crippen molar-refractivity contribution in [1.29, 1.82) is 0 Å². The summed E-state index contributed by atoms with van der Waals surface area (Å²) in [7, 11) is 0. The third-order valence-corrected chi connectivity index (χ3v) is 5.57. The third-order valence-electron chi connectivity index (χ3n) is 5.57. The zero-order valence-electron chi connectivity index (χ0n) is 17.6. The smallest absolute Gasteiger partial charge is 0.238 e. The van der Waals surface area contributed by atoms with E-state index in [1.54, 1.807) is 0 Å². The van der Waals surface area contributed by atoms with Gasteiger partial charge in [0.05, 0.1) is 6.54 Å². The number of rotatable bonds is 6. The molecule has 2 aromatic rings. The second kappa shape index (κ2) is 9.70. The first kappa shape index (κ1) is 21.1. The molecule has 5 heteroatoms. The molecule has 3 rings (SSSR count). The molecule has 0 unspecified atom stereocenters. The summed E-state index contributed by atoms with van der Waals surface area (Å²) in [5, 5.41) is 6.05. The monoisotopic (exact) mass is 393 g/mol. The predicted molar refractivity (Wildman–Crippen MR) is 117 cm³/mol. The number of benzene rings is 2. The Bertz CT molecular complexity index is 853. The maximum absolute atomic E-state index is 12.5. The van der Waals surface area contributed by atoms with Crippen molar-refractivity contribution in [2.24, 2.45) is 5.92 Å². The lowest BCUT2D eigenvalue weighted by molar-refractivity contribution is -0.126. The minimum absolute atomic E-state index is 0.000717. The maximum Gasteiger partial charge on any atom is 0.238 e. The molecule has 154 valence electrons. The second-order valence-corrected chi connectivity index (χ2v) is 8.12. The molecule has 0 spiro atoms. The molecule has 29 heavy (non-hydrogen) atoms. The van der Waals surface area contributed by atoms with Crippen LogP contribution in [0.4, 0.5) is 5.69 Å². The van der Waals surface area contributed by atoms with Gasteiger partial charge in [0.1, 0.15) is 0 Å². The molecular formula is C24H31N3O2. The molecule has 0 radical (unpaired) electrons. The Morgan fingerprint density at radius 1 is 0.966 bits per heavy atom. The lowest BCUT2D eigenvalue weighted by Crippen LogP contribution is -2.43. The van der Waals surface area contributed by atoms with Crippen molar-refractivity contribution in [2.75, 3.05) is 25.0 Å². The van der Waals surface area contributed by atoms with Crippen LogP contribution < -0.4 is 10.6 Å². The van der Waals surface area contributed by atoms with E-state index in [-0.39, 0.29) is 17.7 Å². The average Bonchev–Trinajstić information content (AvgIpc) is 2.70. The molecule has 5 nitrogen and oxygen atoms in total. The first-order valence-corrected chi connectivity index (χ1v) is 10.3. The molecule has 2 amide bonds. The van der Waals surface area contributed by atoms with Gasteiger partial charge in [0.15, 0.2) is 0 Å². The summed E-state index contributed by atoms with van der Waals surface area (Å²) < 4.78 is 0. The largest absolute Gasteiger partial charge is 0.352 e. The molecule has 0 bridgehead atoms. The van der Waals surface area contributed by atoms with Gasteiger partial charge in [-0.3, -0.25) is 14.5 Å². The second-order valence-electron chi connectivity index (χ2n) is 8.12. The fourth-order valence-electron chi connectivity index (χ4n) is 3.74. The van der Waals surface area contributed by atoms with Crippen molar-refractivity contribution in [2.45, 2.75) is 40.2 Å². The van der Waals surface area contributed by atoms with Crippen LogP contribution in [0.25, 0.3) is 0 Å². The molecular weight excluding hydrogens is 362 g/mol. The number of hydrogen-bond donors (Lipinski definition) is 2. The number of carbonyl (C=O) groups excluding carboxylic acids is 2. The summed E-state index contributed by atoms with van der Waals surface area (Å²) in [6.07, 6.45) is 1.58. The fraction of sp³-hybridized carbons (Fsp3) is 0.417. The highest BCUT2D eigenvalue weighted by Crippen LogP contribution is 2.19. The van der Waals surface area contributed by atoms with Crippen molar-refractivity contribution in [3.63, 3.8) is 0 Å². The summed E-state index contributed by atoms with van der Waals surface area (Å²) >= 11 is 0. The Labute approximate surface area is 173 Å². The number of amides is 2. The number of hydrogen-bond acceptors (Lipinski definition) is 3. The van der Waals surface area contributed by atoms with Gasteiger partial charge >= 0.3 is 0 Å². The Hall–Kier alpha value is -2.66. The molecule has 1 saturated heterocycles. The molecule has 1 aliphatic rings. The molecule has 2 N–H and O–H groups in total. The van der Waals surface area contributed by atoms with Crippen LogP contribution in [0.3, 0.4) is 0 Å². The van der Waals surface area contributed by atoms with Crippen molar-refractivity contribution >= 4 is 17.5 Å². The third kappa shape index (κ3) is 6.16. The van der Waals surface area contributed by atoms with Gasteiger partial charge in [-0.1, -0.05) is 47.5 Å². The summed E-state index contributed by atoms with van der Waals surface area (Å²) in [4.78, 5) is 27.0. The van der Waals surface area contributed by atoms with Crippen molar-refractivity contribution in [3.05, 3.63) is 64.7 Å². The Morgan fingerprint density at radius 2 is 1.62 bits per heavy atom. The standard InChI is InChI=1S/C24H31N3O2/c1-17-4-7-20(8-5-17)15-25-24(29)21-10-12-27(13-11-21)16-23(28)26-22-9-6-18(2)14-19(22)3/h4-9,14,21H,10-13,15-16H2,1-3H3,(H,25,29)(H,26,28). The van der Waals surface area contributed by atoms with E-state index in [0.717, 1.165) is 42.7 Å². The molecule has 1 aliphatic heterocycles. The first-order chi connectivity index (χ1) is 13.9. The number of anilines is 1. The van der Waals surface area contributed by atoms with Crippen LogP contribution in [0.1, 0.15) is 35.1 Å². The van der Waals surface area contributed by atoms with Gasteiger partial charge in [0, 0.05) is 18.2 Å². The van der Waals surface area contributed by atoms with Gasteiger partial charge in [0.2, 0.25) is 11.8 Å².